The zero-order valence-corrected chi connectivity index (χ0v) is 7.90. The van der Waals surface area contributed by atoms with Crippen molar-refractivity contribution in [1.29, 1.82) is 5.26 Å². The van der Waals surface area contributed by atoms with Gasteiger partial charge in [-0.3, -0.25) is 4.79 Å². The number of hydrogen-bond donors (Lipinski definition) is 1. The van der Waals surface area contributed by atoms with E-state index in [0.717, 1.165) is 11.1 Å². The zero-order chi connectivity index (χ0) is 10.6. The minimum absolute atomic E-state index is 0.276. The molecule has 72 valence electrons. The summed E-state index contributed by atoms with van der Waals surface area (Å²) in [6.07, 6.45) is 0.276. The molecule has 1 aromatic carbocycles. The number of carboxylic acid groups (broad SMARTS) is 1. The van der Waals surface area contributed by atoms with Gasteiger partial charge in [0.05, 0.1) is 6.07 Å². The van der Waals surface area contributed by atoms with Gasteiger partial charge in [-0.25, -0.2) is 0 Å². The number of aryl methyl sites for hydroxylation is 1. The molecule has 0 heterocycles. The number of rotatable bonds is 3. The van der Waals surface area contributed by atoms with E-state index < -0.39 is 11.9 Å². The van der Waals surface area contributed by atoms with Crippen molar-refractivity contribution in [3.8, 4) is 6.07 Å². The molecule has 3 nitrogen and oxygen atoms in total. The molecule has 14 heavy (non-hydrogen) atoms. The van der Waals surface area contributed by atoms with E-state index in [4.69, 9.17) is 10.4 Å². The zero-order valence-electron chi connectivity index (χ0n) is 7.90. The van der Waals surface area contributed by atoms with Gasteiger partial charge in [0.1, 0.15) is 5.92 Å². The van der Waals surface area contributed by atoms with Crippen LogP contribution in [0.2, 0.25) is 0 Å². The van der Waals surface area contributed by atoms with Crippen molar-refractivity contribution in [2.75, 3.05) is 0 Å². The van der Waals surface area contributed by atoms with Crippen LogP contribution in [0.4, 0.5) is 0 Å². The smallest absolute Gasteiger partial charge is 0.321 e. The first kappa shape index (κ1) is 10.3. The lowest BCUT2D eigenvalue weighted by atomic mass is 9.97. The Morgan fingerprint density at radius 1 is 1.57 bits per heavy atom. The predicted octanol–water partition coefficient (Wildman–Crippen LogP) is 1.76. The van der Waals surface area contributed by atoms with E-state index in [1.54, 1.807) is 6.07 Å². The second-order valence-corrected chi connectivity index (χ2v) is 3.15. The van der Waals surface area contributed by atoms with E-state index in [1.807, 2.05) is 31.2 Å². The molecule has 3 heteroatoms. The quantitative estimate of drug-likeness (QED) is 0.788. The van der Waals surface area contributed by atoms with Crippen molar-refractivity contribution in [3.05, 3.63) is 35.4 Å². The molecule has 0 saturated carbocycles. The summed E-state index contributed by atoms with van der Waals surface area (Å²) in [5, 5.41) is 17.3. The highest BCUT2D eigenvalue weighted by atomic mass is 16.4. The largest absolute Gasteiger partial charge is 0.480 e. The lowest BCUT2D eigenvalue weighted by Gasteiger charge is -2.06. The van der Waals surface area contributed by atoms with E-state index in [1.165, 1.54) is 0 Å². The van der Waals surface area contributed by atoms with Gasteiger partial charge in [0.2, 0.25) is 0 Å². The topological polar surface area (TPSA) is 61.1 Å². The van der Waals surface area contributed by atoms with Crippen molar-refractivity contribution in [2.45, 2.75) is 13.3 Å². The molecule has 0 fully saturated rings. The number of carbonyl (C=O) groups is 1. The van der Waals surface area contributed by atoms with Crippen molar-refractivity contribution in [1.82, 2.24) is 0 Å². The van der Waals surface area contributed by atoms with Gasteiger partial charge in [0.15, 0.2) is 0 Å². The number of hydrogen-bond acceptors (Lipinski definition) is 2. The Bertz CT molecular complexity index is 379. The van der Waals surface area contributed by atoms with E-state index in [-0.39, 0.29) is 6.42 Å². The Balaban J connectivity index is 2.84. The van der Waals surface area contributed by atoms with Crippen molar-refractivity contribution in [3.63, 3.8) is 0 Å². The van der Waals surface area contributed by atoms with E-state index in [9.17, 15) is 4.79 Å². The molecule has 0 saturated heterocycles. The molecule has 1 atom stereocenters. The molecular weight excluding hydrogens is 178 g/mol. The lowest BCUT2D eigenvalue weighted by Crippen LogP contribution is -2.14. The summed E-state index contributed by atoms with van der Waals surface area (Å²) < 4.78 is 0. The average molecular weight is 189 g/mol. The molecule has 0 unspecified atom stereocenters. The fourth-order valence-electron chi connectivity index (χ4n) is 1.25. The first-order valence-corrected chi connectivity index (χ1v) is 4.32. The molecule has 0 spiro atoms. The molecule has 0 aromatic heterocycles. The van der Waals surface area contributed by atoms with E-state index >= 15 is 0 Å². The Hall–Kier alpha value is -1.82. The molecule has 1 aromatic rings. The van der Waals surface area contributed by atoms with Gasteiger partial charge >= 0.3 is 5.97 Å². The summed E-state index contributed by atoms with van der Waals surface area (Å²) in [6, 6.07) is 9.27. The van der Waals surface area contributed by atoms with Crippen LogP contribution < -0.4 is 0 Å². The number of aliphatic carboxylic acids is 1. The van der Waals surface area contributed by atoms with Gasteiger partial charge in [-0.15, -0.1) is 0 Å². The van der Waals surface area contributed by atoms with Crippen LogP contribution in [0.1, 0.15) is 11.1 Å². The van der Waals surface area contributed by atoms with Crippen LogP contribution in [0, 0.1) is 24.2 Å². The SMILES string of the molecule is Cc1ccccc1C[C@H](C#N)C(=O)O. The van der Waals surface area contributed by atoms with E-state index in [2.05, 4.69) is 0 Å². The summed E-state index contributed by atoms with van der Waals surface area (Å²) in [5.41, 5.74) is 1.94. The molecule has 0 aliphatic carbocycles. The normalized spacial score (nSPS) is 11.7. The highest BCUT2D eigenvalue weighted by Gasteiger charge is 2.17. The van der Waals surface area contributed by atoms with Gasteiger partial charge in [-0.1, -0.05) is 24.3 Å². The lowest BCUT2D eigenvalue weighted by molar-refractivity contribution is -0.139. The molecule has 0 bridgehead atoms. The maximum Gasteiger partial charge on any atom is 0.321 e. The fourth-order valence-corrected chi connectivity index (χ4v) is 1.25. The molecule has 0 amide bonds. The summed E-state index contributed by atoms with van der Waals surface area (Å²) in [6.45, 7) is 1.91. The minimum Gasteiger partial charge on any atom is -0.480 e. The maximum atomic E-state index is 10.6. The van der Waals surface area contributed by atoms with Crippen LogP contribution >= 0.6 is 0 Å². The van der Waals surface area contributed by atoms with Gasteiger partial charge in [-0.2, -0.15) is 5.26 Å². The number of nitrogens with zero attached hydrogens (tertiary/aromatic N) is 1. The molecule has 0 radical (unpaired) electrons. The predicted molar refractivity (Wildman–Crippen MR) is 51.6 cm³/mol. The van der Waals surface area contributed by atoms with Crippen molar-refractivity contribution in [2.24, 2.45) is 5.92 Å². The summed E-state index contributed by atoms with van der Waals surface area (Å²) in [5.74, 6) is -2.01. The maximum absolute atomic E-state index is 10.6. The van der Waals surface area contributed by atoms with Crippen LogP contribution in [-0.2, 0) is 11.2 Å². The van der Waals surface area contributed by atoms with Gasteiger partial charge in [-0.05, 0) is 24.5 Å². The van der Waals surface area contributed by atoms with Crippen LogP contribution in [0.3, 0.4) is 0 Å². The second kappa shape index (κ2) is 4.43. The van der Waals surface area contributed by atoms with Crippen LogP contribution in [0.25, 0.3) is 0 Å². The summed E-state index contributed by atoms with van der Waals surface area (Å²) in [4.78, 5) is 10.6. The molecule has 1 rings (SSSR count). The minimum atomic E-state index is -1.06. The summed E-state index contributed by atoms with van der Waals surface area (Å²) >= 11 is 0. The molecule has 1 N–H and O–H groups in total. The monoisotopic (exact) mass is 189 g/mol. The van der Waals surface area contributed by atoms with Gasteiger partial charge in [0.25, 0.3) is 0 Å². The Labute approximate surface area is 82.6 Å². The van der Waals surface area contributed by atoms with E-state index in [0.29, 0.717) is 0 Å². The van der Waals surface area contributed by atoms with Crippen LogP contribution in [0.15, 0.2) is 24.3 Å². The third-order valence-electron chi connectivity index (χ3n) is 2.14. The first-order valence-electron chi connectivity index (χ1n) is 4.32. The standard InChI is InChI=1S/C11H11NO2/c1-8-4-2-3-5-9(8)6-10(7-12)11(13)14/h2-5,10H,6H2,1H3,(H,13,14)/t10-/m1/s1. The Morgan fingerprint density at radius 2 is 2.21 bits per heavy atom. The Kier molecular flexibility index (Phi) is 3.24. The van der Waals surface area contributed by atoms with Gasteiger partial charge < -0.3 is 5.11 Å². The van der Waals surface area contributed by atoms with Crippen molar-refractivity contribution >= 4 is 5.97 Å². The highest BCUT2D eigenvalue weighted by molar-refractivity contribution is 5.73. The number of nitriles is 1. The molecule has 0 aliphatic heterocycles. The third kappa shape index (κ3) is 2.33. The number of benzene rings is 1. The summed E-state index contributed by atoms with van der Waals surface area (Å²) in [7, 11) is 0. The van der Waals surface area contributed by atoms with Crippen molar-refractivity contribution < 1.29 is 9.90 Å². The van der Waals surface area contributed by atoms with Crippen LogP contribution in [-0.4, -0.2) is 11.1 Å². The second-order valence-electron chi connectivity index (χ2n) is 3.15. The van der Waals surface area contributed by atoms with Gasteiger partial charge in [0, 0.05) is 0 Å². The van der Waals surface area contributed by atoms with Crippen LogP contribution in [0.5, 0.6) is 0 Å². The highest BCUT2D eigenvalue weighted by Crippen LogP contribution is 2.12. The fraction of sp³-hybridized carbons (Fsp3) is 0.273. The Morgan fingerprint density at radius 3 is 2.71 bits per heavy atom. The average Bonchev–Trinajstić information content (AvgIpc) is 2.16. The molecule has 0 aliphatic rings. The number of carboxylic acids is 1. The first-order chi connectivity index (χ1) is 6.65. The molecular formula is C11H11NO2. The third-order valence-corrected chi connectivity index (χ3v) is 2.14.